The molecular formula is C11H14N4O2S. The number of H-pyrrole nitrogens is 2. The number of para-hydroxylation sites is 2. The lowest BCUT2D eigenvalue weighted by molar-refractivity contribution is 0.181. The Hall–Kier alpha value is -1.86. The number of nitrogens with one attached hydrogen (secondary N) is 3. The molecule has 0 amide bonds. The van der Waals surface area contributed by atoms with Crippen LogP contribution in [0, 0.1) is 4.77 Å². The lowest BCUT2D eigenvalue weighted by Crippen LogP contribution is -2.14. The van der Waals surface area contributed by atoms with Crippen molar-refractivity contribution < 1.29 is 9.84 Å². The van der Waals surface area contributed by atoms with Gasteiger partial charge in [0.15, 0.2) is 10.6 Å². The Morgan fingerprint density at radius 2 is 2.28 bits per heavy atom. The van der Waals surface area contributed by atoms with Gasteiger partial charge in [0.25, 0.3) is 0 Å². The Kier molecular flexibility index (Phi) is 3.96. The first-order valence-electron chi connectivity index (χ1n) is 5.40. The number of aromatic amines is 2. The van der Waals surface area contributed by atoms with Crippen LogP contribution in [0.25, 0.3) is 0 Å². The average molecular weight is 266 g/mol. The zero-order valence-electron chi connectivity index (χ0n) is 9.80. The number of anilines is 1. The molecule has 1 heterocycles. The van der Waals surface area contributed by atoms with Crippen LogP contribution in [-0.4, -0.2) is 33.9 Å². The fourth-order valence-electron chi connectivity index (χ4n) is 1.54. The van der Waals surface area contributed by atoms with Crippen molar-refractivity contribution in [3.63, 3.8) is 0 Å². The summed E-state index contributed by atoms with van der Waals surface area (Å²) in [7, 11) is 1.60. The van der Waals surface area contributed by atoms with Gasteiger partial charge in [-0.25, -0.2) is 0 Å². The van der Waals surface area contributed by atoms with E-state index in [1.165, 1.54) is 0 Å². The smallest absolute Gasteiger partial charge is 0.192 e. The molecule has 0 aliphatic heterocycles. The van der Waals surface area contributed by atoms with Crippen LogP contribution in [0.4, 0.5) is 5.69 Å². The molecule has 2 aromatic rings. The summed E-state index contributed by atoms with van der Waals surface area (Å²) in [6.45, 7) is 0.302. The van der Waals surface area contributed by atoms with E-state index < -0.39 is 6.10 Å². The molecule has 1 aromatic carbocycles. The number of hydrogen-bond donors (Lipinski definition) is 4. The summed E-state index contributed by atoms with van der Waals surface area (Å²) in [4.78, 5) is 2.77. The minimum absolute atomic E-state index is 0.302. The summed E-state index contributed by atoms with van der Waals surface area (Å²) in [6, 6.07) is 7.49. The zero-order valence-corrected chi connectivity index (χ0v) is 10.6. The third-order valence-corrected chi connectivity index (χ3v) is 2.62. The molecule has 0 fully saturated rings. The second-order valence-corrected chi connectivity index (χ2v) is 4.07. The van der Waals surface area contributed by atoms with Crippen LogP contribution in [0.1, 0.15) is 11.9 Å². The topological polar surface area (TPSA) is 86.0 Å². The average Bonchev–Trinajstić information content (AvgIpc) is 2.83. The number of benzene rings is 1. The van der Waals surface area contributed by atoms with Crippen molar-refractivity contribution in [2.45, 2.75) is 6.10 Å². The summed E-state index contributed by atoms with van der Waals surface area (Å²) in [6.07, 6.45) is -0.775. The van der Waals surface area contributed by atoms with Crippen LogP contribution >= 0.6 is 12.2 Å². The molecule has 1 aromatic heterocycles. The van der Waals surface area contributed by atoms with Crippen molar-refractivity contribution in [3.05, 3.63) is 34.9 Å². The molecule has 6 nitrogen and oxygen atoms in total. The minimum Gasteiger partial charge on any atom is -0.495 e. The van der Waals surface area contributed by atoms with E-state index in [0.29, 0.717) is 17.1 Å². The second kappa shape index (κ2) is 5.65. The van der Waals surface area contributed by atoms with E-state index in [1.807, 2.05) is 24.3 Å². The number of aromatic nitrogens is 3. The molecule has 0 saturated carbocycles. The van der Waals surface area contributed by atoms with Gasteiger partial charge in [0.1, 0.15) is 11.9 Å². The van der Waals surface area contributed by atoms with Gasteiger partial charge in [0, 0.05) is 6.54 Å². The van der Waals surface area contributed by atoms with Crippen LogP contribution in [0.5, 0.6) is 5.75 Å². The van der Waals surface area contributed by atoms with Crippen molar-refractivity contribution in [2.24, 2.45) is 0 Å². The van der Waals surface area contributed by atoms with E-state index in [1.54, 1.807) is 7.11 Å². The van der Waals surface area contributed by atoms with E-state index in [-0.39, 0.29) is 0 Å². The first kappa shape index (κ1) is 12.6. The van der Waals surface area contributed by atoms with Gasteiger partial charge in [-0.15, -0.1) is 0 Å². The molecule has 1 atom stereocenters. The standard InChI is InChI=1S/C11H14N4O2S/c1-17-9-5-3-2-4-7(9)12-6-8(16)10-13-11(18)15-14-10/h2-5,8,12,16H,6H2,1H3,(H2,13,14,15,18). The largest absolute Gasteiger partial charge is 0.495 e. The summed E-state index contributed by atoms with van der Waals surface area (Å²) in [5.74, 6) is 1.13. The number of aliphatic hydroxyl groups is 1. The van der Waals surface area contributed by atoms with Crippen LogP contribution in [0.15, 0.2) is 24.3 Å². The van der Waals surface area contributed by atoms with Crippen molar-refractivity contribution >= 4 is 17.9 Å². The molecule has 7 heteroatoms. The highest BCUT2D eigenvalue weighted by atomic mass is 32.1. The third-order valence-electron chi connectivity index (χ3n) is 2.43. The number of aliphatic hydroxyl groups excluding tert-OH is 1. The molecule has 96 valence electrons. The predicted molar refractivity (Wildman–Crippen MR) is 70.2 cm³/mol. The van der Waals surface area contributed by atoms with Gasteiger partial charge in [-0.2, -0.15) is 5.10 Å². The number of ether oxygens (including phenoxy) is 1. The van der Waals surface area contributed by atoms with E-state index in [4.69, 9.17) is 17.0 Å². The summed E-state index contributed by atoms with van der Waals surface area (Å²) in [5.41, 5.74) is 0.813. The molecule has 0 spiro atoms. The first-order valence-corrected chi connectivity index (χ1v) is 5.81. The SMILES string of the molecule is COc1ccccc1NCC(O)c1n[nH]c(=S)[nH]1. The molecule has 0 aliphatic carbocycles. The molecule has 4 N–H and O–H groups in total. The van der Waals surface area contributed by atoms with E-state index in [9.17, 15) is 5.11 Å². The fraction of sp³-hybridized carbons (Fsp3) is 0.273. The van der Waals surface area contributed by atoms with Crippen LogP contribution in [0.3, 0.4) is 0 Å². The van der Waals surface area contributed by atoms with Crippen molar-refractivity contribution in [2.75, 3.05) is 19.0 Å². The van der Waals surface area contributed by atoms with Gasteiger partial charge in [-0.05, 0) is 24.4 Å². The van der Waals surface area contributed by atoms with Crippen molar-refractivity contribution in [1.29, 1.82) is 0 Å². The molecule has 0 aliphatic rings. The lowest BCUT2D eigenvalue weighted by Gasteiger charge is -2.13. The molecule has 1 unspecified atom stereocenters. The molecule has 0 saturated heterocycles. The Balaban J connectivity index is 2.01. The van der Waals surface area contributed by atoms with Crippen molar-refractivity contribution in [1.82, 2.24) is 15.2 Å². The summed E-state index contributed by atoms with van der Waals surface area (Å²) < 4.78 is 5.59. The van der Waals surface area contributed by atoms with Crippen LogP contribution < -0.4 is 10.1 Å². The molecule has 0 radical (unpaired) electrons. The van der Waals surface area contributed by atoms with Gasteiger partial charge >= 0.3 is 0 Å². The highest BCUT2D eigenvalue weighted by Crippen LogP contribution is 2.23. The van der Waals surface area contributed by atoms with Gasteiger partial charge < -0.3 is 20.1 Å². The third kappa shape index (κ3) is 2.88. The second-order valence-electron chi connectivity index (χ2n) is 3.66. The van der Waals surface area contributed by atoms with Gasteiger partial charge in [-0.1, -0.05) is 12.1 Å². The van der Waals surface area contributed by atoms with Gasteiger partial charge in [0.2, 0.25) is 0 Å². The molecule has 18 heavy (non-hydrogen) atoms. The van der Waals surface area contributed by atoms with Gasteiger partial charge in [-0.3, -0.25) is 5.10 Å². The Bertz CT molecular complexity index is 566. The number of methoxy groups -OCH3 is 1. The Labute approximate surface area is 109 Å². The van der Waals surface area contributed by atoms with Crippen molar-refractivity contribution in [3.8, 4) is 5.75 Å². The monoisotopic (exact) mass is 266 g/mol. The zero-order chi connectivity index (χ0) is 13.0. The minimum atomic E-state index is -0.775. The fourth-order valence-corrected chi connectivity index (χ4v) is 1.69. The first-order chi connectivity index (χ1) is 8.70. The highest BCUT2D eigenvalue weighted by Gasteiger charge is 2.11. The van der Waals surface area contributed by atoms with E-state index in [2.05, 4.69) is 20.5 Å². The highest BCUT2D eigenvalue weighted by molar-refractivity contribution is 7.71. The van der Waals surface area contributed by atoms with E-state index >= 15 is 0 Å². The number of hydrogen-bond acceptors (Lipinski definition) is 5. The maximum Gasteiger partial charge on any atom is 0.192 e. The number of rotatable bonds is 5. The van der Waals surface area contributed by atoms with Crippen LogP contribution in [-0.2, 0) is 0 Å². The van der Waals surface area contributed by atoms with Gasteiger partial charge in [0.05, 0.1) is 12.8 Å². The number of nitrogens with zero attached hydrogens (tertiary/aromatic N) is 1. The Morgan fingerprint density at radius 3 is 2.94 bits per heavy atom. The molecular weight excluding hydrogens is 252 g/mol. The summed E-state index contributed by atoms with van der Waals surface area (Å²) in [5, 5.41) is 19.4. The quantitative estimate of drug-likeness (QED) is 0.618. The molecule has 0 bridgehead atoms. The predicted octanol–water partition coefficient (Wildman–Crippen LogP) is 1.62. The maximum absolute atomic E-state index is 9.90. The molecule has 2 rings (SSSR count). The normalized spacial score (nSPS) is 12.1. The van der Waals surface area contributed by atoms with E-state index in [0.717, 1.165) is 11.4 Å². The summed E-state index contributed by atoms with van der Waals surface area (Å²) >= 11 is 4.84. The lowest BCUT2D eigenvalue weighted by atomic mass is 10.2. The van der Waals surface area contributed by atoms with Crippen LogP contribution in [0.2, 0.25) is 0 Å². The maximum atomic E-state index is 9.90. The Morgan fingerprint density at radius 1 is 1.50 bits per heavy atom.